The fraction of sp³-hybridized carbons (Fsp3) is 0.189. The minimum Gasteiger partial charge on any atom is -0.497 e. The van der Waals surface area contributed by atoms with E-state index in [4.69, 9.17) is 23.7 Å². The third kappa shape index (κ3) is 4.01. The first-order chi connectivity index (χ1) is 22.1. The van der Waals surface area contributed by atoms with Gasteiger partial charge >= 0.3 is 6.18 Å². The van der Waals surface area contributed by atoms with Crippen LogP contribution in [-0.4, -0.2) is 39.7 Å². The number of ether oxygens (including phenoxy) is 5. The topological polar surface area (TPSA) is 66.4 Å². The number of benzene rings is 5. The minimum absolute atomic E-state index is 0.114. The van der Waals surface area contributed by atoms with Gasteiger partial charge in [-0.2, -0.15) is 13.2 Å². The molecule has 0 amide bonds. The average molecular weight is 627 g/mol. The molecule has 1 unspecified atom stereocenters. The summed E-state index contributed by atoms with van der Waals surface area (Å²) in [5, 5.41) is 12.8. The number of aliphatic hydroxyl groups is 1. The molecule has 9 heteroatoms. The Balaban J connectivity index is 1.61. The summed E-state index contributed by atoms with van der Waals surface area (Å²) in [6.45, 7) is 0. The summed E-state index contributed by atoms with van der Waals surface area (Å²) < 4.78 is 74.5. The molecular formula is C37H29F3O6. The van der Waals surface area contributed by atoms with Crippen molar-refractivity contribution < 1.29 is 42.0 Å². The third-order valence-electron chi connectivity index (χ3n) is 8.95. The van der Waals surface area contributed by atoms with Gasteiger partial charge in [-0.1, -0.05) is 54.6 Å². The maximum Gasteiger partial charge on any atom is 0.425 e. The van der Waals surface area contributed by atoms with Gasteiger partial charge in [-0.05, 0) is 59.0 Å². The Morgan fingerprint density at radius 3 is 1.76 bits per heavy atom. The van der Waals surface area contributed by atoms with E-state index in [1.165, 1.54) is 26.4 Å². The van der Waals surface area contributed by atoms with Crippen LogP contribution in [0.1, 0.15) is 27.8 Å². The lowest BCUT2D eigenvalue weighted by Crippen LogP contribution is -2.43. The van der Waals surface area contributed by atoms with Gasteiger partial charge in [0.1, 0.15) is 17.2 Å². The van der Waals surface area contributed by atoms with Crippen molar-refractivity contribution in [2.75, 3.05) is 28.4 Å². The SMILES string of the molecule is COc1ccc(C2(c3ccc(OC)cc3)C=Cc3c4c(c5cc(OC)c(OC)cc5c3O2)-c2ccccc2C4(O)C(F)(F)F)cc1. The molecule has 1 N–H and O–H groups in total. The Bertz CT molecular complexity index is 1970. The summed E-state index contributed by atoms with van der Waals surface area (Å²) in [5.41, 5.74) is -3.12. The summed E-state index contributed by atoms with van der Waals surface area (Å²) in [6, 6.07) is 23.9. The maximum absolute atomic E-state index is 15.2. The zero-order valence-corrected chi connectivity index (χ0v) is 25.4. The van der Waals surface area contributed by atoms with E-state index in [9.17, 15) is 5.11 Å². The van der Waals surface area contributed by atoms with E-state index in [1.54, 1.807) is 74.9 Å². The first-order valence-corrected chi connectivity index (χ1v) is 14.4. The summed E-state index contributed by atoms with van der Waals surface area (Å²) >= 11 is 0. The lowest BCUT2D eigenvalue weighted by Gasteiger charge is -2.39. The lowest BCUT2D eigenvalue weighted by molar-refractivity contribution is -0.246. The smallest absolute Gasteiger partial charge is 0.425 e. The van der Waals surface area contributed by atoms with Crippen LogP contribution < -0.4 is 23.7 Å². The van der Waals surface area contributed by atoms with Gasteiger partial charge in [0.15, 0.2) is 17.1 Å². The highest BCUT2D eigenvalue weighted by Crippen LogP contribution is 2.62. The van der Waals surface area contributed by atoms with Crippen molar-refractivity contribution in [3.8, 4) is 39.9 Å². The highest BCUT2D eigenvalue weighted by molar-refractivity contribution is 6.09. The molecule has 0 bridgehead atoms. The average Bonchev–Trinajstić information content (AvgIpc) is 3.37. The summed E-state index contributed by atoms with van der Waals surface area (Å²) in [7, 11) is 6.08. The van der Waals surface area contributed by atoms with Gasteiger partial charge in [0.05, 0.1) is 28.4 Å². The monoisotopic (exact) mass is 626 g/mol. The molecule has 0 fully saturated rings. The fourth-order valence-electron chi connectivity index (χ4n) is 6.72. The Morgan fingerprint density at radius 2 is 1.24 bits per heavy atom. The van der Waals surface area contributed by atoms with Gasteiger partial charge in [-0.3, -0.25) is 0 Å². The molecular weight excluding hydrogens is 597 g/mol. The van der Waals surface area contributed by atoms with Crippen molar-refractivity contribution in [2.24, 2.45) is 0 Å². The molecule has 5 aromatic rings. The fourth-order valence-corrected chi connectivity index (χ4v) is 6.72. The molecule has 1 aliphatic heterocycles. The van der Waals surface area contributed by atoms with Crippen LogP contribution in [0.5, 0.6) is 28.7 Å². The van der Waals surface area contributed by atoms with Crippen LogP contribution in [0.2, 0.25) is 0 Å². The van der Waals surface area contributed by atoms with Gasteiger partial charge in [-0.15, -0.1) is 0 Å². The Morgan fingerprint density at radius 1 is 0.696 bits per heavy atom. The first-order valence-electron chi connectivity index (χ1n) is 14.4. The summed E-state index contributed by atoms with van der Waals surface area (Å²) in [4.78, 5) is 0. The van der Waals surface area contributed by atoms with Crippen LogP contribution in [0.15, 0.2) is 91.0 Å². The van der Waals surface area contributed by atoms with Crippen LogP contribution in [0.4, 0.5) is 13.2 Å². The molecule has 1 atom stereocenters. The number of alkyl halides is 3. The zero-order valence-electron chi connectivity index (χ0n) is 25.4. The zero-order chi connectivity index (χ0) is 32.4. The van der Waals surface area contributed by atoms with Crippen LogP contribution in [0.25, 0.3) is 28.0 Å². The number of hydrogen-bond donors (Lipinski definition) is 1. The van der Waals surface area contributed by atoms with Crippen molar-refractivity contribution in [1.82, 2.24) is 0 Å². The Labute approximate surface area is 263 Å². The molecule has 1 aliphatic carbocycles. The molecule has 46 heavy (non-hydrogen) atoms. The lowest BCUT2D eigenvalue weighted by atomic mass is 9.80. The van der Waals surface area contributed by atoms with E-state index < -0.39 is 17.4 Å². The van der Waals surface area contributed by atoms with E-state index in [0.29, 0.717) is 44.9 Å². The van der Waals surface area contributed by atoms with Gasteiger partial charge in [0, 0.05) is 33.2 Å². The first kappa shape index (κ1) is 29.6. The van der Waals surface area contributed by atoms with Gasteiger partial charge in [0.25, 0.3) is 0 Å². The molecule has 6 nitrogen and oxygen atoms in total. The van der Waals surface area contributed by atoms with Crippen LogP contribution in [-0.2, 0) is 11.2 Å². The normalized spacial score (nSPS) is 17.5. The second-order valence-electron chi connectivity index (χ2n) is 11.1. The summed E-state index contributed by atoms with van der Waals surface area (Å²) in [5.74, 6) is 2.09. The standard InChI is InChI=1S/C37H29F3O6/c1-42-23-13-9-21(10-14-23)35(22-11-15-24(43-2)16-12-22)18-17-26-33-32(25-7-5-6-8-29(25)36(33,41)37(38,39)40)27-19-30(44-3)31(45-4)20-28(27)34(26)46-35/h5-20,41H,1-4H3. The predicted octanol–water partition coefficient (Wildman–Crippen LogP) is 8.00. The van der Waals surface area contributed by atoms with Crippen LogP contribution >= 0.6 is 0 Å². The van der Waals surface area contributed by atoms with Crippen LogP contribution in [0, 0.1) is 0 Å². The molecule has 0 saturated carbocycles. The van der Waals surface area contributed by atoms with Crippen molar-refractivity contribution >= 4 is 16.8 Å². The van der Waals surface area contributed by atoms with Crippen molar-refractivity contribution in [1.29, 1.82) is 0 Å². The molecule has 5 aromatic carbocycles. The van der Waals surface area contributed by atoms with E-state index in [0.717, 1.165) is 0 Å². The van der Waals surface area contributed by atoms with Crippen LogP contribution in [0.3, 0.4) is 0 Å². The third-order valence-corrected chi connectivity index (χ3v) is 8.95. The van der Waals surface area contributed by atoms with E-state index in [-0.39, 0.29) is 33.6 Å². The summed E-state index contributed by atoms with van der Waals surface area (Å²) in [6.07, 6.45) is -1.71. The number of halogens is 3. The molecule has 0 radical (unpaired) electrons. The highest BCUT2D eigenvalue weighted by atomic mass is 19.4. The van der Waals surface area contributed by atoms with Gasteiger partial charge in [-0.25, -0.2) is 0 Å². The van der Waals surface area contributed by atoms with Gasteiger partial charge in [0.2, 0.25) is 5.60 Å². The molecule has 2 aliphatic rings. The molecule has 234 valence electrons. The quantitative estimate of drug-likeness (QED) is 0.206. The predicted molar refractivity (Wildman–Crippen MR) is 168 cm³/mol. The van der Waals surface area contributed by atoms with E-state index in [2.05, 4.69) is 0 Å². The second kappa shape index (κ2) is 10.5. The minimum atomic E-state index is -5.05. The van der Waals surface area contributed by atoms with E-state index >= 15 is 13.2 Å². The molecule has 0 spiro atoms. The van der Waals surface area contributed by atoms with Crippen molar-refractivity contribution in [3.05, 3.63) is 119 Å². The van der Waals surface area contributed by atoms with Crippen molar-refractivity contribution in [2.45, 2.75) is 17.4 Å². The number of methoxy groups -OCH3 is 4. The number of rotatable bonds is 6. The molecule has 0 saturated heterocycles. The molecule has 0 aromatic heterocycles. The number of fused-ring (bicyclic) bond motifs is 8. The highest BCUT2D eigenvalue weighted by Gasteiger charge is 2.62. The maximum atomic E-state index is 15.2. The Hall–Kier alpha value is -5.15. The largest absolute Gasteiger partial charge is 0.497 e. The molecule has 1 heterocycles. The van der Waals surface area contributed by atoms with Gasteiger partial charge < -0.3 is 28.8 Å². The Kier molecular flexibility index (Phi) is 6.72. The second-order valence-corrected chi connectivity index (χ2v) is 11.1. The molecule has 7 rings (SSSR count). The van der Waals surface area contributed by atoms with E-state index in [1.807, 2.05) is 24.3 Å². The number of hydrogen-bond acceptors (Lipinski definition) is 6. The van der Waals surface area contributed by atoms with Crippen molar-refractivity contribution in [3.63, 3.8) is 0 Å².